The largest absolute Gasteiger partial charge is 1.00 e. The molecule has 58 heavy (non-hydrogen) atoms. The van der Waals surface area contributed by atoms with Crippen LogP contribution in [0.2, 0.25) is 0 Å². The van der Waals surface area contributed by atoms with Gasteiger partial charge in [0.25, 0.3) is 11.8 Å². The monoisotopic (exact) mass is 1500 g/mol. The summed E-state index contributed by atoms with van der Waals surface area (Å²) in [5.74, 6) is -4.42. The van der Waals surface area contributed by atoms with Crippen molar-refractivity contribution in [2.75, 3.05) is 57.1 Å². The van der Waals surface area contributed by atoms with Gasteiger partial charge >= 0.3 is 35.5 Å². The molecule has 0 bridgehead atoms. The number of halogens is 6. The number of nitrogens with one attached hydrogen (secondary N) is 5. The average Bonchev–Trinajstić information content (AvgIpc) is 3.12. The van der Waals surface area contributed by atoms with Crippen molar-refractivity contribution in [3.05, 3.63) is 43.7 Å². The third-order valence-electron chi connectivity index (χ3n) is 6.64. The van der Waals surface area contributed by atoms with Gasteiger partial charge in [0.05, 0.1) is 70.7 Å². The number of anilines is 2. The molecule has 2 rings (SSSR count). The van der Waals surface area contributed by atoms with Crippen LogP contribution in [0, 0.1) is 21.4 Å². The van der Waals surface area contributed by atoms with Gasteiger partial charge in [-0.05, 0) is 143 Å². The third kappa shape index (κ3) is 18.2. The molecule has 0 heterocycles. The first-order valence-electron chi connectivity index (χ1n) is 15.6. The van der Waals surface area contributed by atoms with E-state index in [1.54, 1.807) is 74.8 Å². The number of aliphatic hydroxyl groups is 7. The van der Waals surface area contributed by atoms with Crippen LogP contribution in [0.5, 0.6) is 0 Å². The second-order valence-corrected chi connectivity index (χ2v) is 17.4. The van der Waals surface area contributed by atoms with Crippen LogP contribution in [0.1, 0.15) is 55.3 Å². The molecule has 13 N–H and O–H groups in total. The van der Waals surface area contributed by atoms with Gasteiger partial charge < -0.3 is 77.3 Å². The van der Waals surface area contributed by atoms with Crippen LogP contribution in [0.4, 0.5) is 11.4 Å². The Morgan fingerprint density at radius 3 is 1.26 bits per heavy atom. The van der Waals surface area contributed by atoms with Crippen LogP contribution in [-0.2, 0) is 9.59 Å². The third-order valence-corrected chi connectivity index (χ3v) is 13.1. The Kier molecular flexibility index (Phi) is 31.7. The van der Waals surface area contributed by atoms with Crippen molar-refractivity contribution >= 4 is 182 Å². The summed E-state index contributed by atoms with van der Waals surface area (Å²) in [4.78, 5) is 70.0. The Morgan fingerprint density at radius 1 is 0.603 bits per heavy atom. The Labute approximate surface area is 435 Å². The van der Waals surface area contributed by atoms with Gasteiger partial charge in [0.2, 0.25) is 11.8 Å². The summed E-state index contributed by atoms with van der Waals surface area (Å²) in [6.45, 7) is 1.63. The molecule has 4 amide bonds. The molecule has 0 aliphatic heterocycles. The second-order valence-electron chi connectivity index (χ2n) is 10.9. The Bertz CT molecular complexity index is 1690. The number of aliphatic hydroxyl groups excluding tert-OH is 7. The molecule has 0 fully saturated rings. The fourth-order valence-corrected chi connectivity index (χ4v) is 12.8. The van der Waals surface area contributed by atoms with Gasteiger partial charge in [-0.25, -0.2) is 4.79 Å². The number of carboxylic acid groups (broad SMARTS) is 2. The van der Waals surface area contributed by atoms with Gasteiger partial charge in [-0.15, -0.1) is 0 Å². The van der Waals surface area contributed by atoms with Crippen LogP contribution in [0.25, 0.3) is 0 Å². The summed E-state index contributed by atoms with van der Waals surface area (Å²) in [5, 5.41) is 95.9. The molecule has 20 nitrogen and oxygen atoms in total. The van der Waals surface area contributed by atoms with E-state index in [0.717, 1.165) is 0 Å². The summed E-state index contributed by atoms with van der Waals surface area (Å²) in [7, 11) is 1.57. The zero-order valence-corrected chi connectivity index (χ0v) is 45.7. The minimum Gasteiger partial charge on any atom is -0.545 e. The van der Waals surface area contributed by atoms with E-state index >= 15 is 0 Å². The van der Waals surface area contributed by atoms with Gasteiger partial charge in [0, 0.05) is 49.8 Å². The first kappa shape index (κ1) is 60.4. The van der Waals surface area contributed by atoms with Crippen molar-refractivity contribution in [3.63, 3.8) is 0 Å². The molecular formula is C31H38I6N5NaO15. The van der Waals surface area contributed by atoms with E-state index < -0.39 is 54.8 Å². The van der Waals surface area contributed by atoms with E-state index in [0.29, 0.717) is 20.0 Å². The van der Waals surface area contributed by atoms with Crippen LogP contribution >= 0.6 is 136 Å². The minimum atomic E-state index is -1.55. The van der Waals surface area contributed by atoms with Crippen molar-refractivity contribution in [1.29, 1.82) is 0 Å². The smallest absolute Gasteiger partial charge is 0.545 e. The van der Waals surface area contributed by atoms with E-state index in [4.69, 9.17) is 30.6 Å². The molecule has 0 aliphatic rings. The maximum absolute atomic E-state index is 12.2. The number of hydrogen-bond donors (Lipinski definition) is 13. The molecule has 0 aliphatic carbocycles. The van der Waals surface area contributed by atoms with E-state index in [1.165, 1.54) is 13.8 Å². The molecule has 0 saturated carbocycles. The summed E-state index contributed by atoms with van der Waals surface area (Å²) in [5.41, 5.74) is 0.636. The normalized spacial score (nSPS) is 12.4. The number of aromatic carboxylic acids is 2. The molecule has 4 atom stereocenters. The molecule has 0 spiro atoms. The number of likely N-dealkylation sites (N-methyl/N-ethyl adjacent to an activating group) is 1. The zero-order valence-electron chi connectivity index (χ0n) is 30.8. The quantitative estimate of drug-likeness (QED) is 0.0564. The van der Waals surface area contributed by atoms with Crippen LogP contribution in [0.3, 0.4) is 0 Å². The van der Waals surface area contributed by atoms with E-state index in [2.05, 4.69) is 26.6 Å². The van der Waals surface area contributed by atoms with Crippen molar-refractivity contribution in [2.45, 2.75) is 38.3 Å². The predicted octanol–water partition coefficient (Wildman–Crippen LogP) is -3.93. The number of carbonyl (C=O) groups is 6. The first-order chi connectivity index (χ1) is 26.5. The number of benzene rings is 2. The second kappa shape index (κ2) is 30.4. The number of carbonyl (C=O) groups excluding carboxylic acids is 5. The van der Waals surface area contributed by atoms with E-state index in [1.807, 2.05) is 67.8 Å². The number of amides is 4. The van der Waals surface area contributed by atoms with Crippen molar-refractivity contribution < 1.29 is 104 Å². The summed E-state index contributed by atoms with van der Waals surface area (Å²) in [6.07, 6.45) is -5.65. The standard InChI is InChI=1S/2C12H11I3N2O5.C7H17NO5.Na/c2*1-4(19)17-10-8(14)5(11(20)16-2-3-18)7(13)6(9(10)15)12(21)22;1-8-2-4(10)6(12)7(13)5(11)3-9;/h2*18H,2-3H2,1H3,(H,16,20)(H,17,19)(H,21,22);4-13H,2-3H2,1H3;/q;;;+1/p-1/t;;4-,5+,6+,7+;/m..0./s1. The van der Waals surface area contributed by atoms with Gasteiger partial charge in [-0.1, -0.05) is 0 Å². The van der Waals surface area contributed by atoms with E-state index in [9.17, 15) is 44.1 Å². The minimum absolute atomic E-state index is 0. The molecule has 320 valence electrons. The topological polar surface area (TPSA) is 347 Å². The maximum Gasteiger partial charge on any atom is 1.00 e. The number of hydrogen-bond acceptors (Lipinski definition) is 15. The SMILES string of the molecule is CC(=O)Nc1c(I)c(C(=O)O)c(I)c(C(=O)NCCO)c1I.CC(=O)Nc1c(I)c(C(=O)[O-])c(I)c(C(=O)NCCO)c1I.CNC[C@H](O)[C@@H](O)[C@H](O)[C@H](O)CO.[Na+]. The van der Waals surface area contributed by atoms with Crippen molar-refractivity contribution in [1.82, 2.24) is 16.0 Å². The molecule has 2 aromatic rings. The van der Waals surface area contributed by atoms with Gasteiger partial charge in [-0.3, -0.25) is 19.2 Å². The van der Waals surface area contributed by atoms with E-state index in [-0.39, 0.29) is 109 Å². The Morgan fingerprint density at radius 2 is 0.948 bits per heavy atom. The Balaban J connectivity index is 0. The Hall–Kier alpha value is 0.320. The molecule has 0 radical (unpaired) electrons. The fourth-order valence-electron chi connectivity index (χ4n) is 4.07. The molecule has 0 aromatic heterocycles. The molecule has 0 unspecified atom stereocenters. The maximum atomic E-state index is 12.2. The first-order valence-corrected chi connectivity index (χ1v) is 22.1. The number of rotatable bonds is 16. The number of carboxylic acids is 2. The molecule has 2 aromatic carbocycles. The van der Waals surface area contributed by atoms with Gasteiger partial charge in [-0.2, -0.15) is 0 Å². The average molecular weight is 1510 g/mol. The zero-order chi connectivity index (χ0) is 44.5. The van der Waals surface area contributed by atoms with Gasteiger partial charge in [0.1, 0.15) is 18.3 Å². The van der Waals surface area contributed by atoms with Gasteiger partial charge in [0.15, 0.2) is 0 Å². The predicted molar refractivity (Wildman–Crippen MR) is 253 cm³/mol. The summed E-state index contributed by atoms with van der Waals surface area (Å²) < 4.78 is 2.01. The molecule has 0 saturated heterocycles. The van der Waals surface area contributed by atoms with Crippen molar-refractivity contribution in [3.8, 4) is 0 Å². The van der Waals surface area contributed by atoms with Crippen LogP contribution in [0.15, 0.2) is 0 Å². The molecular weight excluding hydrogens is 1470 g/mol. The van der Waals surface area contributed by atoms with Crippen molar-refractivity contribution in [2.24, 2.45) is 0 Å². The van der Waals surface area contributed by atoms with Crippen LogP contribution < -0.4 is 61.2 Å². The fraction of sp³-hybridized carbons (Fsp3) is 0.419. The van der Waals surface area contributed by atoms with Crippen LogP contribution in [-0.4, -0.2) is 147 Å². The summed E-state index contributed by atoms with van der Waals surface area (Å²) in [6, 6.07) is 0. The summed E-state index contributed by atoms with van der Waals surface area (Å²) >= 11 is 10.9. The molecule has 27 heteroatoms.